The van der Waals surface area contributed by atoms with E-state index >= 15 is 0 Å². The smallest absolute Gasteiger partial charge is 0.240 e. The van der Waals surface area contributed by atoms with E-state index in [0.717, 1.165) is 43.4 Å². The van der Waals surface area contributed by atoms with E-state index in [9.17, 15) is 4.39 Å². The van der Waals surface area contributed by atoms with Crippen LogP contribution in [0.25, 0.3) is 11.3 Å². The third kappa shape index (κ3) is 4.17. The first-order valence-electron chi connectivity index (χ1n) is 9.48. The van der Waals surface area contributed by atoms with E-state index in [1.165, 1.54) is 12.1 Å². The number of aromatic nitrogens is 4. The molecule has 0 spiro atoms. The Kier molecular flexibility index (Phi) is 5.29. The second-order valence-corrected chi connectivity index (χ2v) is 7.25. The van der Waals surface area contributed by atoms with Crippen molar-refractivity contribution >= 4 is 5.82 Å². The summed E-state index contributed by atoms with van der Waals surface area (Å²) in [4.78, 5) is 8.94. The number of rotatable bonds is 5. The Bertz CT molecular complexity index is 918. The molecule has 146 valence electrons. The summed E-state index contributed by atoms with van der Waals surface area (Å²) < 4.78 is 18.7. The van der Waals surface area contributed by atoms with E-state index in [1.807, 2.05) is 32.0 Å². The van der Waals surface area contributed by atoms with Gasteiger partial charge in [0.25, 0.3) is 0 Å². The van der Waals surface area contributed by atoms with Gasteiger partial charge in [0.15, 0.2) is 11.6 Å². The highest BCUT2D eigenvalue weighted by Gasteiger charge is 2.21. The summed E-state index contributed by atoms with van der Waals surface area (Å²) in [5.41, 5.74) is 1.39. The van der Waals surface area contributed by atoms with Gasteiger partial charge in [-0.05, 0) is 24.3 Å². The fourth-order valence-corrected chi connectivity index (χ4v) is 3.19. The van der Waals surface area contributed by atoms with Crippen molar-refractivity contribution in [3.63, 3.8) is 0 Å². The molecule has 0 aliphatic carbocycles. The minimum absolute atomic E-state index is 0.267. The average Bonchev–Trinajstić information content (AvgIpc) is 3.18. The summed E-state index contributed by atoms with van der Waals surface area (Å²) in [5, 5.41) is 12.6. The van der Waals surface area contributed by atoms with Crippen LogP contribution in [0.15, 0.2) is 40.9 Å². The van der Waals surface area contributed by atoms with E-state index in [2.05, 4.69) is 30.1 Å². The van der Waals surface area contributed by atoms with Gasteiger partial charge >= 0.3 is 0 Å². The zero-order chi connectivity index (χ0) is 19.5. The van der Waals surface area contributed by atoms with E-state index in [1.54, 1.807) is 6.07 Å². The molecule has 2 aromatic heterocycles. The average molecular weight is 382 g/mol. The van der Waals surface area contributed by atoms with Crippen molar-refractivity contribution in [2.45, 2.75) is 26.3 Å². The summed E-state index contributed by atoms with van der Waals surface area (Å²) in [7, 11) is 0. The maximum absolute atomic E-state index is 13.4. The van der Waals surface area contributed by atoms with Crippen LogP contribution in [0.4, 0.5) is 10.2 Å². The molecular weight excluding hydrogens is 359 g/mol. The molecule has 1 aromatic carbocycles. The van der Waals surface area contributed by atoms with Gasteiger partial charge in [-0.25, -0.2) is 4.39 Å². The van der Waals surface area contributed by atoms with Crippen LogP contribution in [0, 0.1) is 5.82 Å². The third-order valence-electron chi connectivity index (χ3n) is 4.83. The van der Waals surface area contributed by atoms with Crippen molar-refractivity contribution in [1.29, 1.82) is 0 Å². The van der Waals surface area contributed by atoms with E-state index < -0.39 is 0 Å². The van der Waals surface area contributed by atoms with Crippen molar-refractivity contribution in [2.24, 2.45) is 0 Å². The van der Waals surface area contributed by atoms with Crippen LogP contribution in [0.5, 0.6) is 0 Å². The van der Waals surface area contributed by atoms with Crippen molar-refractivity contribution in [2.75, 3.05) is 31.1 Å². The predicted octanol–water partition coefficient (Wildman–Crippen LogP) is 3.11. The van der Waals surface area contributed by atoms with Gasteiger partial charge in [-0.15, -0.1) is 10.2 Å². The summed E-state index contributed by atoms with van der Waals surface area (Å²) in [6.45, 7) is 8.22. The maximum atomic E-state index is 13.4. The summed E-state index contributed by atoms with van der Waals surface area (Å²) in [6, 6.07) is 10.2. The van der Waals surface area contributed by atoms with Crippen molar-refractivity contribution in [1.82, 2.24) is 25.2 Å². The molecule has 7 nitrogen and oxygen atoms in total. The molecule has 1 aliphatic rings. The second kappa shape index (κ2) is 8.02. The molecule has 0 bridgehead atoms. The molecule has 0 amide bonds. The molecule has 28 heavy (non-hydrogen) atoms. The minimum Gasteiger partial charge on any atom is -0.353 e. The Hall–Kier alpha value is -2.87. The monoisotopic (exact) mass is 382 g/mol. The topological polar surface area (TPSA) is 71.2 Å². The fraction of sp³-hybridized carbons (Fsp3) is 0.400. The molecule has 0 unspecified atom stereocenters. The Morgan fingerprint density at radius 3 is 2.54 bits per heavy atom. The molecular formula is C20H23FN6O. The first-order chi connectivity index (χ1) is 13.6. The minimum atomic E-state index is -0.277. The van der Waals surface area contributed by atoms with E-state index in [4.69, 9.17) is 4.52 Å². The number of halogens is 1. The fourth-order valence-electron chi connectivity index (χ4n) is 3.19. The van der Waals surface area contributed by atoms with Gasteiger partial charge in [0.1, 0.15) is 5.82 Å². The molecule has 0 saturated carbocycles. The standard InChI is InChI=1S/C20H23FN6O/c1-14(2)20-22-19(28-25-20)13-26-8-10-27(11-9-26)18-7-6-17(23-24-18)15-4-3-5-16(21)12-15/h3-7,12,14H,8-11,13H2,1-2H3. The van der Waals surface area contributed by atoms with Crippen LogP contribution >= 0.6 is 0 Å². The highest BCUT2D eigenvalue weighted by molar-refractivity contribution is 5.59. The highest BCUT2D eigenvalue weighted by atomic mass is 19.1. The number of anilines is 1. The summed E-state index contributed by atoms with van der Waals surface area (Å²) >= 11 is 0. The Morgan fingerprint density at radius 1 is 1.07 bits per heavy atom. The molecule has 1 saturated heterocycles. The van der Waals surface area contributed by atoms with Crippen molar-refractivity contribution in [3.8, 4) is 11.3 Å². The Labute approximate surface area is 163 Å². The van der Waals surface area contributed by atoms with Gasteiger partial charge in [0.2, 0.25) is 5.89 Å². The Balaban J connectivity index is 1.34. The lowest BCUT2D eigenvalue weighted by atomic mass is 10.1. The predicted molar refractivity (Wildman–Crippen MR) is 103 cm³/mol. The van der Waals surface area contributed by atoms with Crippen LogP contribution in [0.3, 0.4) is 0 Å². The van der Waals surface area contributed by atoms with Gasteiger partial charge in [0.05, 0.1) is 12.2 Å². The van der Waals surface area contributed by atoms with Crippen molar-refractivity contribution in [3.05, 3.63) is 53.9 Å². The van der Waals surface area contributed by atoms with Gasteiger partial charge in [-0.1, -0.05) is 31.1 Å². The molecule has 0 radical (unpaired) electrons. The third-order valence-corrected chi connectivity index (χ3v) is 4.83. The lowest BCUT2D eigenvalue weighted by molar-refractivity contribution is 0.215. The number of hydrogen-bond acceptors (Lipinski definition) is 7. The lowest BCUT2D eigenvalue weighted by Gasteiger charge is -2.34. The molecule has 0 atom stereocenters. The summed E-state index contributed by atoms with van der Waals surface area (Å²) in [5.74, 6) is 2.24. The molecule has 4 rings (SSSR count). The quantitative estimate of drug-likeness (QED) is 0.671. The largest absolute Gasteiger partial charge is 0.353 e. The van der Waals surface area contributed by atoms with E-state index in [0.29, 0.717) is 18.1 Å². The molecule has 1 fully saturated rings. The molecule has 3 heterocycles. The van der Waals surface area contributed by atoms with Gasteiger partial charge in [-0.2, -0.15) is 4.98 Å². The normalized spacial score (nSPS) is 15.4. The summed E-state index contributed by atoms with van der Waals surface area (Å²) in [6.07, 6.45) is 0. The molecule has 1 aliphatic heterocycles. The SMILES string of the molecule is CC(C)c1noc(CN2CCN(c3ccc(-c4cccc(F)c4)nn3)CC2)n1. The van der Waals surface area contributed by atoms with Crippen LogP contribution < -0.4 is 4.90 Å². The number of piperazine rings is 1. The second-order valence-electron chi connectivity index (χ2n) is 7.25. The Morgan fingerprint density at radius 2 is 1.89 bits per heavy atom. The highest BCUT2D eigenvalue weighted by Crippen LogP contribution is 2.20. The van der Waals surface area contributed by atoms with Gasteiger partial charge in [-0.3, -0.25) is 4.90 Å². The van der Waals surface area contributed by atoms with Gasteiger partial charge < -0.3 is 9.42 Å². The van der Waals surface area contributed by atoms with Crippen molar-refractivity contribution < 1.29 is 8.91 Å². The van der Waals surface area contributed by atoms with Crippen LogP contribution in [-0.4, -0.2) is 51.4 Å². The molecule has 0 N–H and O–H groups in total. The molecule has 8 heteroatoms. The lowest BCUT2D eigenvalue weighted by Crippen LogP contribution is -2.46. The first kappa shape index (κ1) is 18.5. The van der Waals surface area contributed by atoms with Gasteiger partial charge in [0, 0.05) is 37.7 Å². The maximum Gasteiger partial charge on any atom is 0.240 e. The first-order valence-corrected chi connectivity index (χ1v) is 9.48. The number of benzene rings is 1. The van der Waals surface area contributed by atoms with Crippen LogP contribution in [0.2, 0.25) is 0 Å². The van der Waals surface area contributed by atoms with E-state index in [-0.39, 0.29) is 11.7 Å². The zero-order valence-corrected chi connectivity index (χ0v) is 16.0. The van der Waals surface area contributed by atoms with Crippen LogP contribution in [0.1, 0.15) is 31.5 Å². The zero-order valence-electron chi connectivity index (χ0n) is 16.0. The number of nitrogens with zero attached hydrogens (tertiary/aromatic N) is 6. The van der Waals surface area contributed by atoms with Crippen LogP contribution in [-0.2, 0) is 6.54 Å². The molecule has 3 aromatic rings. The number of hydrogen-bond donors (Lipinski definition) is 0.